The van der Waals surface area contributed by atoms with E-state index in [9.17, 15) is 14.0 Å². The van der Waals surface area contributed by atoms with Crippen molar-refractivity contribution < 1.29 is 18.7 Å². The number of rotatable bonds is 4. The van der Waals surface area contributed by atoms with Gasteiger partial charge in [0.25, 0.3) is 5.91 Å². The van der Waals surface area contributed by atoms with Gasteiger partial charge in [-0.3, -0.25) is 9.69 Å². The van der Waals surface area contributed by atoms with E-state index in [-0.39, 0.29) is 18.3 Å². The quantitative estimate of drug-likeness (QED) is 0.442. The Morgan fingerprint density at radius 2 is 2.00 bits per heavy atom. The molecule has 0 radical (unpaired) electrons. The summed E-state index contributed by atoms with van der Waals surface area (Å²) < 4.78 is 18.4. The third-order valence-corrected chi connectivity index (χ3v) is 4.88. The molecule has 1 aliphatic heterocycles. The SMILES string of the molecule is CCOC(=O)c1cccc(N2C(=O)/C(=C\c3ccc(F)cc3)SC2=S)c1. The first-order chi connectivity index (χ1) is 12.5. The number of carbonyl (C=O) groups excluding carboxylic acids is 2. The van der Waals surface area contributed by atoms with Crippen molar-refractivity contribution in [1.29, 1.82) is 0 Å². The Balaban J connectivity index is 1.89. The molecular weight excluding hydrogens is 373 g/mol. The Hall–Kier alpha value is -2.51. The van der Waals surface area contributed by atoms with Crippen LogP contribution in [0.5, 0.6) is 0 Å². The molecule has 0 aliphatic carbocycles. The lowest BCUT2D eigenvalue weighted by Crippen LogP contribution is -2.27. The second-order valence-electron chi connectivity index (χ2n) is 5.34. The average molecular weight is 387 g/mol. The maximum atomic E-state index is 13.0. The third kappa shape index (κ3) is 3.84. The molecule has 0 saturated carbocycles. The standard InChI is InChI=1S/C19H14FNO3S2/c1-2-24-18(23)13-4-3-5-15(11-13)21-17(22)16(26-19(21)25)10-12-6-8-14(20)9-7-12/h3-11H,2H2,1H3/b16-10+. The van der Waals surface area contributed by atoms with Gasteiger partial charge in [0, 0.05) is 0 Å². The van der Waals surface area contributed by atoms with Crippen LogP contribution in [0.25, 0.3) is 6.08 Å². The Kier molecular flexibility index (Phi) is 5.49. The number of thioether (sulfide) groups is 1. The molecule has 7 heteroatoms. The number of carbonyl (C=O) groups is 2. The molecule has 0 N–H and O–H groups in total. The molecule has 4 nitrogen and oxygen atoms in total. The summed E-state index contributed by atoms with van der Waals surface area (Å²) in [4.78, 5) is 26.5. The second kappa shape index (κ2) is 7.80. The molecule has 0 bridgehead atoms. The first kappa shape index (κ1) is 18.3. The third-order valence-electron chi connectivity index (χ3n) is 3.58. The fraction of sp³-hybridized carbons (Fsp3) is 0.105. The molecule has 26 heavy (non-hydrogen) atoms. The summed E-state index contributed by atoms with van der Waals surface area (Å²) in [7, 11) is 0. The number of esters is 1. The highest BCUT2D eigenvalue weighted by Gasteiger charge is 2.33. The fourth-order valence-electron chi connectivity index (χ4n) is 2.39. The Morgan fingerprint density at radius 1 is 1.27 bits per heavy atom. The number of benzene rings is 2. The van der Waals surface area contributed by atoms with E-state index in [2.05, 4.69) is 0 Å². The summed E-state index contributed by atoms with van der Waals surface area (Å²) in [5, 5.41) is 0. The van der Waals surface area contributed by atoms with Crippen LogP contribution in [0.2, 0.25) is 0 Å². The number of nitrogens with zero attached hydrogens (tertiary/aromatic N) is 1. The predicted octanol–water partition coefficient (Wildman–Crippen LogP) is 4.41. The van der Waals surface area contributed by atoms with Gasteiger partial charge in [-0.05, 0) is 48.9 Å². The highest BCUT2D eigenvalue weighted by molar-refractivity contribution is 8.27. The van der Waals surface area contributed by atoms with Gasteiger partial charge < -0.3 is 4.74 Å². The molecule has 2 aromatic rings. The number of thiocarbonyl (C=S) groups is 1. The van der Waals surface area contributed by atoms with E-state index in [4.69, 9.17) is 17.0 Å². The van der Waals surface area contributed by atoms with E-state index in [0.29, 0.717) is 26.0 Å². The van der Waals surface area contributed by atoms with Gasteiger partial charge >= 0.3 is 5.97 Å². The van der Waals surface area contributed by atoms with Crippen molar-refractivity contribution in [1.82, 2.24) is 0 Å². The van der Waals surface area contributed by atoms with Crippen LogP contribution in [0.1, 0.15) is 22.8 Å². The van der Waals surface area contributed by atoms with Crippen molar-refractivity contribution in [2.75, 3.05) is 11.5 Å². The molecule has 1 saturated heterocycles. The first-order valence-corrected chi connectivity index (χ1v) is 9.03. The Morgan fingerprint density at radius 3 is 2.69 bits per heavy atom. The zero-order valence-corrected chi connectivity index (χ0v) is 15.4. The maximum Gasteiger partial charge on any atom is 0.338 e. The van der Waals surface area contributed by atoms with E-state index in [1.807, 2.05) is 0 Å². The lowest BCUT2D eigenvalue weighted by molar-refractivity contribution is -0.113. The summed E-state index contributed by atoms with van der Waals surface area (Å²) in [5.41, 5.74) is 1.55. The number of ether oxygens (including phenoxy) is 1. The van der Waals surface area contributed by atoms with Crippen LogP contribution in [-0.2, 0) is 9.53 Å². The molecule has 0 spiro atoms. The molecular formula is C19H14FNO3S2. The monoisotopic (exact) mass is 387 g/mol. The van der Waals surface area contributed by atoms with Crippen LogP contribution < -0.4 is 4.90 Å². The Labute approximate surface area is 159 Å². The topological polar surface area (TPSA) is 46.6 Å². The molecule has 0 atom stereocenters. The second-order valence-corrected chi connectivity index (χ2v) is 7.02. The van der Waals surface area contributed by atoms with Gasteiger partial charge in [0.05, 0.1) is 22.8 Å². The lowest BCUT2D eigenvalue weighted by Gasteiger charge is -2.15. The minimum absolute atomic E-state index is 0.268. The Bertz CT molecular complexity index is 909. The minimum Gasteiger partial charge on any atom is -0.462 e. The summed E-state index contributed by atoms with van der Waals surface area (Å²) in [6.07, 6.45) is 1.66. The highest BCUT2D eigenvalue weighted by Crippen LogP contribution is 2.36. The highest BCUT2D eigenvalue weighted by atomic mass is 32.2. The molecule has 1 heterocycles. The summed E-state index contributed by atoms with van der Waals surface area (Å²) in [6, 6.07) is 12.4. The molecule has 1 aliphatic rings. The number of amides is 1. The van der Waals surface area contributed by atoms with Gasteiger partial charge in [-0.15, -0.1) is 0 Å². The van der Waals surface area contributed by atoms with Crippen molar-refractivity contribution >= 4 is 51.9 Å². The van der Waals surface area contributed by atoms with Crippen LogP contribution in [0.4, 0.5) is 10.1 Å². The number of hydrogen-bond acceptors (Lipinski definition) is 5. The smallest absolute Gasteiger partial charge is 0.338 e. The van der Waals surface area contributed by atoms with Crippen LogP contribution >= 0.6 is 24.0 Å². The van der Waals surface area contributed by atoms with E-state index >= 15 is 0 Å². The van der Waals surface area contributed by atoms with Crippen LogP contribution in [0, 0.1) is 5.82 Å². The molecule has 0 unspecified atom stereocenters. The summed E-state index contributed by atoms with van der Waals surface area (Å²) in [5.74, 6) is -1.09. The number of hydrogen-bond donors (Lipinski definition) is 0. The van der Waals surface area contributed by atoms with Crippen LogP contribution in [0.15, 0.2) is 53.4 Å². The van der Waals surface area contributed by atoms with E-state index < -0.39 is 5.97 Å². The van der Waals surface area contributed by atoms with Gasteiger partial charge in [0.1, 0.15) is 5.82 Å². The molecule has 132 valence electrons. The summed E-state index contributed by atoms with van der Waals surface area (Å²) >= 11 is 6.48. The zero-order chi connectivity index (χ0) is 18.7. The van der Waals surface area contributed by atoms with Crippen molar-refractivity contribution in [3.8, 4) is 0 Å². The number of anilines is 1. The lowest BCUT2D eigenvalue weighted by atomic mass is 10.2. The van der Waals surface area contributed by atoms with Crippen LogP contribution in [0.3, 0.4) is 0 Å². The first-order valence-electron chi connectivity index (χ1n) is 7.80. The van der Waals surface area contributed by atoms with Gasteiger partial charge in [-0.1, -0.05) is 42.2 Å². The van der Waals surface area contributed by atoms with E-state index in [1.54, 1.807) is 49.4 Å². The zero-order valence-electron chi connectivity index (χ0n) is 13.8. The maximum absolute atomic E-state index is 13.0. The van der Waals surface area contributed by atoms with Crippen molar-refractivity contribution in [2.24, 2.45) is 0 Å². The van der Waals surface area contributed by atoms with Crippen LogP contribution in [-0.4, -0.2) is 22.8 Å². The summed E-state index contributed by atoms with van der Waals surface area (Å²) in [6.45, 7) is 1.99. The normalized spacial score (nSPS) is 15.6. The van der Waals surface area contributed by atoms with E-state index in [1.165, 1.54) is 17.0 Å². The molecule has 2 aromatic carbocycles. The molecule has 1 fully saturated rings. The van der Waals surface area contributed by atoms with Crippen molar-refractivity contribution in [3.63, 3.8) is 0 Å². The molecule has 0 aromatic heterocycles. The average Bonchev–Trinajstić information content (AvgIpc) is 2.91. The van der Waals surface area contributed by atoms with E-state index in [0.717, 1.165) is 11.8 Å². The minimum atomic E-state index is -0.457. The largest absolute Gasteiger partial charge is 0.462 e. The fourth-order valence-corrected chi connectivity index (χ4v) is 3.69. The van der Waals surface area contributed by atoms with Gasteiger partial charge in [0.2, 0.25) is 0 Å². The van der Waals surface area contributed by atoms with Gasteiger partial charge in [-0.25, -0.2) is 9.18 Å². The predicted molar refractivity (Wildman–Crippen MR) is 104 cm³/mol. The number of halogens is 1. The van der Waals surface area contributed by atoms with Gasteiger partial charge in [0.15, 0.2) is 4.32 Å². The molecule has 3 rings (SSSR count). The molecule has 1 amide bonds. The van der Waals surface area contributed by atoms with Crippen molar-refractivity contribution in [2.45, 2.75) is 6.92 Å². The van der Waals surface area contributed by atoms with Crippen molar-refractivity contribution in [3.05, 3.63) is 70.4 Å². The van der Waals surface area contributed by atoms with Gasteiger partial charge in [-0.2, -0.15) is 0 Å².